The van der Waals surface area contributed by atoms with Crippen molar-refractivity contribution in [1.82, 2.24) is 5.32 Å². The second-order valence-corrected chi connectivity index (χ2v) is 5.48. The summed E-state index contributed by atoms with van der Waals surface area (Å²) in [5.74, 6) is -0.0495. The predicted octanol–water partition coefficient (Wildman–Crippen LogP) is 2.36. The predicted molar refractivity (Wildman–Crippen MR) is 70.1 cm³/mol. The normalized spacial score (nSPS) is 19.9. The molecule has 0 bridgehead atoms. The van der Waals surface area contributed by atoms with Crippen LogP contribution in [0.1, 0.15) is 22.6 Å². The zero-order valence-corrected chi connectivity index (χ0v) is 10.8. The van der Waals surface area contributed by atoms with Gasteiger partial charge in [0, 0.05) is 29.0 Å². The molecule has 4 heteroatoms. The molecule has 1 unspecified atom stereocenters. The summed E-state index contributed by atoms with van der Waals surface area (Å²) in [5, 5.41) is 2.86. The van der Waals surface area contributed by atoms with Gasteiger partial charge in [0.25, 0.3) is 0 Å². The zero-order valence-electron chi connectivity index (χ0n) is 9.94. The van der Waals surface area contributed by atoms with Gasteiger partial charge in [0.05, 0.1) is 6.10 Å². The largest absolute Gasteiger partial charge is 0.376 e. The average Bonchev–Trinajstić information content (AvgIpc) is 2.95. The van der Waals surface area contributed by atoms with E-state index in [1.807, 2.05) is 12.1 Å². The highest BCUT2D eigenvalue weighted by Crippen LogP contribution is 2.16. The molecule has 0 radical (unpaired) electrons. The van der Waals surface area contributed by atoms with Gasteiger partial charge in [0.2, 0.25) is 5.91 Å². The molecular weight excluding hydrogens is 234 g/mol. The van der Waals surface area contributed by atoms with E-state index >= 15 is 0 Å². The van der Waals surface area contributed by atoms with Crippen LogP contribution in [0.25, 0.3) is 6.08 Å². The van der Waals surface area contributed by atoms with Crippen molar-refractivity contribution >= 4 is 23.3 Å². The van der Waals surface area contributed by atoms with Crippen LogP contribution >= 0.6 is 11.3 Å². The molecule has 0 aromatic carbocycles. The third-order valence-corrected chi connectivity index (χ3v) is 3.65. The molecule has 1 aromatic heterocycles. The number of carbonyl (C=O) groups is 1. The van der Waals surface area contributed by atoms with E-state index in [-0.39, 0.29) is 12.0 Å². The van der Waals surface area contributed by atoms with Crippen LogP contribution in [0.15, 0.2) is 18.2 Å². The van der Waals surface area contributed by atoms with E-state index < -0.39 is 0 Å². The topological polar surface area (TPSA) is 38.3 Å². The molecule has 2 heterocycles. The van der Waals surface area contributed by atoms with Crippen LogP contribution in [0.5, 0.6) is 0 Å². The molecule has 0 saturated carbocycles. The third-order valence-electron chi connectivity index (χ3n) is 2.69. The molecule has 1 aliphatic rings. The van der Waals surface area contributed by atoms with Crippen molar-refractivity contribution in [2.45, 2.75) is 25.9 Å². The first-order valence-electron chi connectivity index (χ1n) is 5.88. The summed E-state index contributed by atoms with van der Waals surface area (Å²) in [6.07, 6.45) is 5.79. The molecule has 0 aliphatic carbocycles. The van der Waals surface area contributed by atoms with E-state index in [0.717, 1.165) is 24.3 Å². The van der Waals surface area contributed by atoms with Crippen LogP contribution in [0, 0.1) is 6.92 Å². The molecule has 0 spiro atoms. The van der Waals surface area contributed by atoms with Crippen molar-refractivity contribution < 1.29 is 9.53 Å². The second-order valence-electron chi connectivity index (χ2n) is 4.16. The van der Waals surface area contributed by atoms with Gasteiger partial charge in [-0.05, 0) is 38.0 Å². The van der Waals surface area contributed by atoms with Crippen LogP contribution in [-0.2, 0) is 9.53 Å². The molecule has 1 saturated heterocycles. The van der Waals surface area contributed by atoms with Crippen molar-refractivity contribution in [1.29, 1.82) is 0 Å². The maximum absolute atomic E-state index is 11.5. The van der Waals surface area contributed by atoms with Crippen molar-refractivity contribution in [3.63, 3.8) is 0 Å². The maximum atomic E-state index is 11.5. The summed E-state index contributed by atoms with van der Waals surface area (Å²) in [4.78, 5) is 13.9. The first kappa shape index (κ1) is 12.3. The van der Waals surface area contributed by atoms with E-state index in [9.17, 15) is 4.79 Å². The Labute approximate surface area is 105 Å². The monoisotopic (exact) mass is 251 g/mol. The summed E-state index contributed by atoms with van der Waals surface area (Å²) in [6, 6.07) is 4.07. The minimum Gasteiger partial charge on any atom is -0.376 e. The standard InChI is InChI=1S/C13H17NO2S/c1-10-4-5-12(17-10)6-7-13(15)14-9-11-3-2-8-16-11/h4-7,11H,2-3,8-9H2,1H3,(H,14,15). The lowest BCUT2D eigenvalue weighted by Crippen LogP contribution is -2.30. The smallest absolute Gasteiger partial charge is 0.244 e. The van der Waals surface area contributed by atoms with Gasteiger partial charge < -0.3 is 10.1 Å². The Morgan fingerprint density at radius 1 is 1.65 bits per heavy atom. The first-order valence-corrected chi connectivity index (χ1v) is 6.69. The van der Waals surface area contributed by atoms with Gasteiger partial charge in [0.1, 0.15) is 0 Å². The summed E-state index contributed by atoms with van der Waals surface area (Å²) in [7, 11) is 0. The van der Waals surface area contributed by atoms with Gasteiger partial charge in [-0.25, -0.2) is 0 Å². The molecule has 1 aromatic rings. The Hall–Kier alpha value is -1.13. The van der Waals surface area contributed by atoms with Crippen molar-refractivity contribution in [2.24, 2.45) is 0 Å². The van der Waals surface area contributed by atoms with Gasteiger partial charge in [0.15, 0.2) is 0 Å². The summed E-state index contributed by atoms with van der Waals surface area (Å²) in [5.41, 5.74) is 0. The highest BCUT2D eigenvalue weighted by molar-refractivity contribution is 7.12. The Morgan fingerprint density at radius 2 is 2.53 bits per heavy atom. The number of hydrogen-bond donors (Lipinski definition) is 1. The number of amides is 1. The quantitative estimate of drug-likeness (QED) is 0.834. The molecule has 2 rings (SSSR count). The SMILES string of the molecule is Cc1ccc(C=CC(=O)NCC2CCCO2)s1. The van der Waals surface area contributed by atoms with E-state index in [1.54, 1.807) is 17.4 Å². The minimum absolute atomic E-state index is 0.0495. The third kappa shape index (κ3) is 3.98. The molecule has 1 N–H and O–H groups in total. The number of carbonyl (C=O) groups excluding carboxylic acids is 1. The maximum Gasteiger partial charge on any atom is 0.244 e. The molecule has 92 valence electrons. The zero-order chi connectivity index (χ0) is 12.1. The van der Waals surface area contributed by atoms with Crippen LogP contribution in [-0.4, -0.2) is 25.2 Å². The molecule has 1 fully saturated rings. The Morgan fingerprint density at radius 3 is 3.18 bits per heavy atom. The molecule has 1 amide bonds. The lowest BCUT2D eigenvalue weighted by Gasteiger charge is -2.08. The highest BCUT2D eigenvalue weighted by atomic mass is 32.1. The lowest BCUT2D eigenvalue weighted by molar-refractivity contribution is -0.116. The van der Waals surface area contributed by atoms with Crippen LogP contribution < -0.4 is 5.32 Å². The minimum atomic E-state index is -0.0495. The first-order chi connectivity index (χ1) is 8.24. The van der Waals surface area contributed by atoms with E-state index in [1.165, 1.54) is 4.88 Å². The molecular formula is C13H17NO2S. The van der Waals surface area contributed by atoms with Crippen LogP contribution in [0.3, 0.4) is 0 Å². The molecule has 3 nitrogen and oxygen atoms in total. The second kappa shape index (κ2) is 5.98. The van der Waals surface area contributed by atoms with Gasteiger partial charge >= 0.3 is 0 Å². The van der Waals surface area contributed by atoms with Gasteiger partial charge in [-0.15, -0.1) is 11.3 Å². The number of ether oxygens (including phenoxy) is 1. The Balaban J connectivity index is 1.74. The fourth-order valence-electron chi connectivity index (χ4n) is 1.78. The number of nitrogens with one attached hydrogen (secondary N) is 1. The molecule has 1 atom stereocenters. The number of thiophene rings is 1. The fourth-order valence-corrected chi connectivity index (χ4v) is 2.56. The van der Waals surface area contributed by atoms with Crippen molar-refractivity contribution in [3.05, 3.63) is 28.0 Å². The average molecular weight is 251 g/mol. The van der Waals surface area contributed by atoms with E-state index in [0.29, 0.717) is 6.54 Å². The Kier molecular flexibility index (Phi) is 4.34. The number of aryl methyl sites for hydroxylation is 1. The van der Waals surface area contributed by atoms with E-state index in [4.69, 9.17) is 4.74 Å². The lowest BCUT2D eigenvalue weighted by atomic mass is 10.2. The van der Waals surface area contributed by atoms with Gasteiger partial charge in [-0.2, -0.15) is 0 Å². The van der Waals surface area contributed by atoms with Crippen LogP contribution in [0.4, 0.5) is 0 Å². The fraction of sp³-hybridized carbons (Fsp3) is 0.462. The summed E-state index contributed by atoms with van der Waals surface area (Å²) >= 11 is 1.68. The number of hydrogen-bond acceptors (Lipinski definition) is 3. The molecule has 17 heavy (non-hydrogen) atoms. The van der Waals surface area contributed by atoms with Crippen LogP contribution in [0.2, 0.25) is 0 Å². The highest BCUT2D eigenvalue weighted by Gasteiger charge is 2.15. The molecule has 1 aliphatic heterocycles. The van der Waals surface area contributed by atoms with Gasteiger partial charge in [-0.3, -0.25) is 4.79 Å². The van der Waals surface area contributed by atoms with Crippen molar-refractivity contribution in [3.8, 4) is 0 Å². The van der Waals surface area contributed by atoms with Gasteiger partial charge in [-0.1, -0.05) is 0 Å². The van der Waals surface area contributed by atoms with E-state index in [2.05, 4.69) is 18.3 Å². The number of rotatable bonds is 4. The Bertz CT molecular complexity index is 405. The summed E-state index contributed by atoms with van der Waals surface area (Å²) in [6.45, 7) is 3.50. The summed E-state index contributed by atoms with van der Waals surface area (Å²) < 4.78 is 5.43. The van der Waals surface area contributed by atoms with Crippen molar-refractivity contribution in [2.75, 3.05) is 13.2 Å².